The predicted octanol–water partition coefficient (Wildman–Crippen LogP) is 5.13. The quantitative estimate of drug-likeness (QED) is 0.153. The van der Waals surface area contributed by atoms with E-state index in [4.69, 9.17) is 9.47 Å². The number of rotatable bonds is 15. The fraction of sp³-hybridized carbons (Fsp3) is 0.344. The second-order valence-corrected chi connectivity index (χ2v) is 12.4. The van der Waals surface area contributed by atoms with Crippen LogP contribution >= 0.6 is 0 Å². The maximum absolute atomic E-state index is 12.9. The number of esters is 1. The van der Waals surface area contributed by atoms with Crippen LogP contribution < -0.4 is 14.8 Å². The molecular weight excluding hydrogens is 611 g/mol. The van der Waals surface area contributed by atoms with Crippen LogP contribution in [0.4, 0.5) is 18.9 Å². The molecule has 3 N–H and O–H groups in total. The van der Waals surface area contributed by atoms with Gasteiger partial charge in [-0.15, -0.1) is 0 Å². The van der Waals surface area contributed by atoms with Crippen LogP contribution in [-0.4, -0.2) is 67.9 Å². The third-order valence-corrected chi connectivity index (χ3v) is 8.06. The number of fused-ring (bicyclic) bond motifs is 1. The number of benzene rings is 3. The van der Waals surface area contributed by atoms with Gasteiger partial charge in [0.2, 0.25) is 10.0 Å². The second kappa shape index (κ2) is 14.8. The average Bonchev–Trinajstić information content (AvgIpc) is 3.32. The number of carbonyl (C=O) groups excluding carboxylic acids is 1. The first-order valence-corrected chi connectivity index (χ1v) is 16.0. The molecule has 4 rings (SSSR count). The monoisotopic (exact) mass is 647 g/mol. The molecular formula is C32H36F3N3O6S. The molecule has 1 aromatic heterocycles. The minimum Gasteiger partial charge on any atom is -0.491 e. The van der Waals surface area contributed by atoms with Crippen LogP contribution in [0.1, 0.15) is 35.5 Å². The lowest BCUT2D eigenvalue weighted by atomic mass is 10.0. The Morgan fingerprint density at radius 3 is 2.36 bits per heavy atom. The van der Waals surface area contributed by atoms with Gasteiger partial charge in [0.25, 0.3) is 0 Å². The average molecular weight is 648 g/mol. The van der Waals surface area contributed by atoms with Gasteiger partial charge in [-0.1, -0.05) is 36.4 Å². The molecule has 1 unspecified atom stereocenters. The van der Waals surface area contributed by atoms with Crippen LogP contribution in [-0.2, 0) is 27.7 Å². The molecule has 242 valence electrons. The molecule has 9 nitrogen and oxygen atoms in total. The molecule has 4 aromatic rings. The fourth-order valence-corrected chi connectivity index (χ4v) is 5.81. The van der Waals surface area contributed by atoms with E-state index < -0.39 is 34.0 Å². The van der Waals surface area contributed by atoms with E-state index in [-0.39, 0.29) is 31.5 Å². The Labute approximate surface area is 260 Å². The second-order valence-electron chi connectivity index (χ2n) is 10.7. The van der Waals surface area contributed by atoms with Crippen molar-refractivity contribution >= 4 is 32.6 Å². The summed E-state index contributed by atoms with van der Waals surface area (Å²) in [7, 11) is -4.61. The Morgan fingerprint density at radius 2 is 1.69 bits per heavy atom. The van der Waals surface area contributed by atoms with Gasteiger partial charge >= 0.3 is 12.1 Å². The van der Waals surface area contributed by atoms with E-state index in [0.29, 0.717) is 30.0 Å². The van der Waals surface area contributed by atoms with Crippen LogP contribution in [0.3, 0.4) is 0 Å². The first-order valence-electron chi connectivity index (χ1n) is 14.4. The van der Waals surface area contributed by atoms with Crippen LogP contribution in [0.15, 0.2) is 78.9 Å². The number of para-hydroxylation sites is 1. The number of sulfonamides is 1. The van der Waals surface area contributed by atoms with Crippen molar-refractivity contribution in [1.82, 2.24) is 9.88 Å². The number of hydrogen-bond acceptors (Lipinski definition) is 7. The summed E-state index contributed by atoms with van der Waals surface area (Å²) in [6, 6.07) is 22.8. The van der Waals surface area contributed by atoms with Gasteiger partial charge in [-0.05, 0) is 73.9 Å². The molecule has 0 saturated carbocycles. The van der Waals surface area contributed by atoms with Gasteiger partial charge in [0.1, 0.15) is 24.2 Å². The molecule has 45 heavy (non-hydrogen) atoms. The molecule has 13 heteroatoms. The standard InChI is InChI=1S/C32H36F3N3O6S/c1-3-43-31(40)30-17-25-16-24(15-22(2)36-18-27(39)20-44-28-7-5-4-6-8-28)11-14-29(25)38(30)19-23-9-12-26(13-10-23)37-45(41,42)21-32(33,34)35/h4-14,16-17,22,27,36-37,39H,3,15,18-21H2,1-2H3/t22?,27-/m0/s1. The summed E-state index contributed by atoms with van der Waals surface area (Å²) in [6.45, 7) is 4.65. The Morgan fingerprint density at radius 1 is 1.00 bits per heavy atom. The Hall–Kier alpha value is -4.07. The number of nitrogens with zero attached hydrogens (tertiary/aromatic N) is 1. The predicted molar refractivity (Wildman–Crippen MR) is 166 cm³/mol. The zero-order valence-electron chi connectivity index (χ0n) is 24.9. The first-order chi connectivity index (χ1) is 21.3. The van der Waals surface area contributed by atoms with Gasteiger partial charge in [0.15, 0.2) is 5.75 Å². The molecule has 1 heterocycles. The summed E-state index contributed by atoms with van der Waals surface area (Å²) in [5.74, 6) is -1.80. The van der Waals surface area contributed by atoms with Crippen molar-refractivity contribution in [3.05, 3.63) is 95.7 Å². The highest BCUT2D eigenvalue weighted by molar-refractivity contribution is 7.92. The maximum Gasteiger partial charge on any atom is 0.404 e. The van der Waals surface area contributed by atoms with Crippen LogP contribution in [0.5, 0.6) is 5.75 Å². The van der Waals surface area contributed by atoms with E-state index in [1.165, 1.54) is 12.1 Å². The van der Waals surface area contributed by atoms with E-state index in [0.717, 1.165) is 16.5 Å². The lowest BCUT2D eigenvalue weighted by molar-refractivity contribution is -0.106. The van der Waals surface area contributed by atoms with Crippen molar-refractivity contribution in [3.63, 3.8) is 0 Å². The molecule has 2 atom stereocenters. The molecule has 0 saturated heterocycles. The Kier molecular flexibility index (Phi) is 11.1. The van der Waals surface area contributed by atoms with E-state index in [1.807, 2.05) is 60.2 Å². The lowest BCUT2D eigenvalue weighted by Crippen LogP contribution is -2.37. The lowest BCUT2D eigenvalue weighted by Gasteiger charge is -2.18. The summed E-state index contributed by atoms with van der Waals surface area (Å²) in [5, 5.41) is 14.5. The first kappa shape index (κ1) is 33.8. The highest BCUT2D eigenvalue weighted by Gasteiger charge is 2.35. The number of aliphatic hydroxyl groups excluding tert-OH is 1. The van der Waals surface area contributed by atoms with Crippen LogP contribution in [0.25, 0.3) is 10.9 Å². The van der Waals surface area contributed by atoms with Gasteiger partial charge < -0.3 is 24.5 Å². The van der Waals surface area contributed by atoms with E-state index >= 15 is 0 Å². The number of aromatic nitrogens is 1. The Balaban J connectivity index is 1.43. The molecule has 0 spiro atoms. The third kappa shape index (κ3) is 10.2. The molecule has 0 amide bonds. The number of hydrogen-bond donors (Lipinski definition) is 3. The fourth-order valence-electron chi connectivity index (χ4n) is 4.81. The van der Waals surface area contributed by atoms with Crippen molar-refractivity contribution in [2.24, 2.45) is 0 Å². The van der Waals surface area contributed by atoms with Gasteiger partial charge in [-0.25, -0.2) is 13.2 Å². The molecule has 0 fully saturated rings. The summed E-state index contributed by atoms with van der Waals surface area (Å²) < 4.78 is 75.9. The minimum atomic E-state index is -4.86. The summed E-state index contributed by atoms with van der Waals surface area (Å²) >= 11 is 0. The number of halogens is 3. The SMILES string of the molecule is CCOC(=O)c1cc2cc(CC(C)NC[C@H](O)COc3ccccc3)ccc2n1Cc1ccc(NS(=O)(=O)CC(F)(F)F)cc1. The van der Waals surface area contributed by atoms with E-state index in [9.17, 15) is 31.5 Å². The number of ether oxygens (including phenoxy) is 2. The van der Waals surface area contributed by atoms with Crippen LogP contribution in [0.2, 0.25) is 0 Å². The zero-order chi connectivity index (χ0) is 32.6. The number of carbonyl (C=O) groups is 1. The molecule has 0 aliphatic rings. The number of alkyl halides is 3. The number of aliphatic hydroxyl groups is 1. The molecule has 0 aliphatic carbocycles. The van der Waals surface area contributed by atoms with E-state index in [2.05, 4.69) is 5.32 Å². The van der Waals surface area contributed by atoms with Crippen LogP contribution in [0, 0.1) is 0 Å². The zero-order valence-corrected chi connectivity index (χ0v) is 25.7. The Bertz CT molecular complexity index is 1680. The van der Waals surface area contributed by atoms with Crippen molar-refractivity contribution < 1.29 is 41.0 Å². The summed E-state index contributed by atoms with van der Waals surface area (Å²) in [4.78, 5) is 12.9. The summed E-state index contributed by atoms with van der Waals surface area (Å²) in [6.07, 6.45) is -4.89. The summed E-state index contributed by atoms with van der Waals surface area (Å²) in [5.41, 5.74) is 2.79. The molecule has 0 radical (unpaired) electrons. The van der Waals surface area contributed by atoms with Gasteiger partial charge in [0.05, 0.1) is 6.61 Å². The molecule has 0 bridgehead atoms. The topological polar surface area (TPSA) is 119 Å². The smallest absolute Gasteiger partial charge is 0.404 e. The number of nitrogens with one attached hydrogen (secondary N) is 2. The van der Waals surface area contributed by atoms with Crippen molar-refractivity contribution in [1.29, 1.82) is 0 Å². The highest BCUT2D eigenvalue weighted by Crippen LogP contribution is 2.25. The van der Waals surface area contributed by atoms with Crippen molar-refractivity contribution in [2.75, 3.05) is 30.2 Å². The van der Waals surface area contributed by atoms with Crippen molar-refractivity contribution in [2.45, 2.75) is 45.1 Å². The molecule has 3 aromatic carbocycles. The third-order valence-electron chi connectivity index (χ3n) is 6.80. The maximum atomic E-state index is 12.9. The highest BCUT2D eigenvalue weighted by atomic mass is 32.2. The number of anilines is 1. The van der Waals surface area contributed by atoms with E-state index in [1.54, 1.807) is 29.7 Å². The van der Waals surface area contributed by atoms with Crippen molar-refractivity contribution in [3.8, 4) is 5.75 Å². The molecule has 0 aliphatic heterocycles. The normalized spacial score (nSPS) is 13.4. The van der Waals surface area contributed by atoms with Gasteiger partial charge in [-0.3, -0.25) is 4.72 Å². The largest absolute Gasteiger partial charge is 0.491 e. The van der Waals surface area contributed by atoms with Gasteiger partial charge in [-0.2, -0.15) is 13.2 Å². The minimum absolute atomic E-state index is 0.00501. The van der Waals surface area contributed by atoms with Gasteiger partial charge in [0, 0.05) is 35.7 Å².